The van der Waals surface area contributed by atoms with E-state index >= 15 is 0 Å². The van der Waals surface area contributed by atoms with E-state index in [4.69, 9.17) is 11.6 Å². The first-order chi connectivity index (χ1) is 7.12. The molecule has 3 nitrogen and oxygen atoms in total. The summed E-state index contributed by atoms with van der Waals surface area (Å²) in [7, 11) is -5.64. The molecule has 0 aliphatic rings. The molecule has 0 aromatic heterocycles. The maximum absolute atomic E-state index is 12.0. The Bertz CT molecular complexity index is 475. The van der Waals surface area contributed by atoms with Gasteiger partial charge in [0.2, 0.25) is 0 Å². The predicted octanol–water partition coefficient (Wildman–Crippen LogP) is 2.88. The Kier molecular flexibility index (Phi) is 3.39. The summed E-state index contributed by atoms with van der Waals surface area (Å²) < 4.78 is 61.1. The van der Waals surface area contributed by atoms with Crippen molar-refractivity contribution < 1.29 is 25.8 Å². The van der Waals surface area contributed by atoms with Gasteiger partial charge in [-0.25, -0.2) is 0 Å². The highest BCUT2D eigenvalue weighted by Gasteiger charge is 2.48. The van der Waals surface area contributed by atoms with Crippen molar-refractivity contribution in [3.05, 3.63) is 28.8 Å². The summed E-state index contributed by atoms with van der Waals surface area (Å²) in [5.41, 5.74) is -4.97. The van der Waals surface area contributed by atoms with E-state index in [0.717, 1.165) is 12.1 Å². The fraction of sp³-hybridized carbons (Fsp3) is 0.250. The zero-order valence-electron chi connectivity index (χ0n) is 7.88. The molecule has 0 saturated carbocycles. The lowest BCUT2D eigenvalue weighted by Gasteiger charge is -2.09. The minimum Gasteiger partial charge on any atom is -0.376 e. The van der Waals surface area contributed by atoms with Gasteiger partial charge in [0.1, 0.15) is 5.75 Å². The largest absolute Gasteiger partial charge is 0.534 e. The summed E-state index contributed by atoms with van der Waals surface area (Å²) in [6, 6.07) is 3.57. The molecule has 0 bridgehead atoms. The maximum Gasteiger partial charge on any atom is 0.534 e. The van der Waals surface area contributed by atoms with Crippen LogP contribution >= 0.6 is 11.6 Å². The van der Waals surface area contributed by atoms with E-state index in [2.05, 4.69) is 4.18 Å². The second kappa shape index (κ2) is 4.14. The van der Waals surface area contributed by atoms with Gasteiger partial charge in [0.05, 0.1) is 0 Å². The van der Waals surface area contributed by atoms with Crippen molar-refractivity contribution in [2.75, 3.05) is 0 Å². The Morgan fingerprint density at radius 2 is 1.81 bits per heavy atom. The first-order valence-electron chi connectivity index (χ1n) is 3.90. The van der Waals surface area contributed by atoms with E-state index in [1.54, 1.807) is 6.92 Å². The molecule has 0 N–H and O–H groups in total. The molecule has 90 valence electrons. The Hall–Kier alpha value is -0.950. The number of rotatable bonds is 2. The molecule has 16 heavy (non-hydrogen) atoms. The fourth-order valence-corrected chi connectivity index (χ4v) is 1.65. The van der Waals surface area contributed by atoms with Gasteiger partial charge < -0.3 is 4.18 Å². The molecule has 0 heterocycles. The second-order valence-corrected chi connectivity index (χ2v) is 4.92. The SMILES string of the molecule is Cc1cc(Cl)cc(OS(=O)(=O)C(F)(F)F)c1. The van der Waals surface area contributed by atoms with Crippen molar-refractivity contribution in [1.82, 2.24) is 0 Å². The molecule has 0 fully saturated rings. The van der Waals surface area contributed by atoms with E-state index in [9.17, 15) is 21.6 Å². The highest BCUT2D eigenvalue weighted by atomic mass is 35.5. The van der Waals surface area contributed by atoms with Crippen molar-refractivity contribution >= 4 is 21.7 Å². The predicted molar refractivity (Wildman–Crippen MR) is 51.8 cm³/mol. The Balaban J connectivity index is 3.07. The molecule has 1 rings (SSSR count). The Morgan fingerprint density at radius 1 is 1.25 bits per heavy atom. The lowest BCUT2D eigenvalue weighted by molar-refractivity contribution is -0.0500. The van der Waals surface area contributed by atoms with E-state index in [-0.39, 0.29) is 5.02 Å². The molecule has 0 saturated heterocycles. The third kappa shape index (κ3) is 3.02. The number of halogens is 4. The van der Waals surface area contributed by atoms with Crippen molar-refractivity contribution in [3.8, 4) is 5.75 Å². The average molecular weight is 275 g/mol. The summed E-state index contributed by atoms with van der Waals surface area (Å²) in [5.74, 6) is -0.470. The van der Waals surface area contributed by atoms with E-state index < -0.39 is 21.4 Å². The van der Waals surface area contributed by atoms with Crippen LogP contribution in [0.5, 0.6) is 5.75 Å². The molecular formula is C8H6ClF3O3S. The van der Waals surface area contributed by atoms with Gasteiger partial charge in [-0.05, 0) is 24.6 Å². The molecule has 0 radical (unpaired) electrons. The average Bonchev–Trinajstić information content (AvgIpc) is 1.97. The molecule has 1 aromatic rings. The van der Waals surface area contributed by atoms with Crippen molar-refractivity contribution in [2.45, 2.75) is 12.4 Å². The number of alkyl halides is 3. The molecule has 8 heteroatoms. The number of benzene rings is 1. The maximum atomic E-state index is 12.0. The summed E-state index contributed by atoms with van der Waals surface area (Å²) in [5, 5.41) is 0.0902. The van der Waals surface area contributed by atoms with E-state index in [1.807, 2.05) is 0 Å². The lowest BCUT2D eigenvalue weighted by atomic mass is 10.2. The van der Waals surface area contributed by atoms with Gasteiger partial charge in [0, 0.05) is 11.1 Å². The van der Waals surface area contributed by atoms with Gasteiger partial charge in [-0.3, -0.25) is 0 Å². The van der Waals surface area contributed by atoms with Crippen LogP contribution in [0.4, 0.5) is 13.2 Å². The third-order valence-electron chi connectivity index (χ3n) is 1.51. The quantitative estimate of drug-likeness (QED) is 0.615. The van der Waals surface area contributed by atoms with E-state index in [0.29, 0.717) is 5.56 Å². The van der Waals surface area contributed by atoms with Gasteiger partial charge in [-0.2, -0.15) is 21.6 Å². The first kappa shape index (κ1) is 13.1. The molecule has 0 atom stereocenters. The molecule has 0 unspecified atom stereocenters. The highest BCUT2D eigenvalue weighted by molar-refractivity contribution is 7.88. The summed E-state index contributed by atoms with van der Waals surface area (Å²) >= 11 is 5.54. The van der Waals surface area contributed by atoms with Gasteiger partial charge in [0.15, 0.2) is 0 Å². The summed E-state index contributed by atoms with van der Waals surface area (Å²) in [6.45, 7) is 1.54. The van der Waals surface area contributed by atoms with Crippen LogP contribution in [0.15, 0.2) is 18.2 Å². The van der Waals surface area contributed by atoms with Crippen LogP contribution in [-0.2, 0) is 10.1 Å². The summed E-state index contributed by atoms with van der Waals surface area (Å²) in [6.07, 6.45) is 0. The van der Waals surface area contributed by atoms with Crippen LogP contribution in [0.1, 0.15) is 5.56 Å². The normalized spacial score (nSPS) is 12.6. The standard InChI is InChI=1S/C8H6ClF3O3S/c1-5-2-6(9)4-7(3-5)15-16(13,14)8(10,11)12/h2-4H,1H3. The fourth-order valence-electron chi connectivity index (χ4n) is 0.925. The van der Waals surface area contributed by atoms with Gasteiger partial charge in [-0.15, -0.1) is 0 Å². The minimum absolute atomic E-state index is 0.0902. The Morgan fingerprint density at radius 3 is 2.25 bits per heavy atom. The minimum atomic E-state index is -5.64. The van der Waals surface area contributed by atoms with Crippen molar-refractivity contribution in [3.63, 3.8) is 0 Å². The van der Waals surface area contributed by atoms with Gasteiger partial charge in [0.25, 0.3) is 0 Å². The number of aryl methyl sites for hydroxylation is 1. The monoisotopic (exact) mass is 274 g/mol. The number of hydrogen-bond acceptors (Lipinski definition) is 3. The van der Waals surface area contributed by atoms with Crippen molar-refractivity contribution in [1.29, 1.82) is 0 Å². The van der Waals surface area contributed by atoms with Crippen LogP contribution in [-0.4, -0.2) is 13.9 Å². The summed E-state index contributed by atoms with van der Waals surface area (Å²) in [4.78, 5) is 0. The highest BCUT2D eigenvalue weighted by Crippen LogP contribution is 2.28. The van der Waals surface area contributed by atoms with E-state index in [1.165, 1.54) is 6.07 Å². The van der Waals surface area contributed by atoms with Crippen LogP contribution in [0.3, 0.4) is 0 Å². The zero-order valence-corrected chi connectivity index (χ0v) is 9.45. The molecule has 0 aliphatic heterocycles. The molecule has 0 spiro atoms. The zero-order chi connectivity index (χ0) is 12.6. The van der Waals surface area contributed by atoms with Crippen LogP contribution in [0, 0.1) is 6.92 Å². The van der Waals surface area contributed by atoms with Crippen LogP contribution < -0.4 is 4.18 Å². The third-order valence-corrected chi connectivity index (χ3v) is 2.70. The first-order valence-corrected chi connectivity index (χ1v) is 5.68. The van der Waals surface area contributed by atoms with Gasteiger partial charge in [-0.1, -0.05) is 11.6 Å². The Labute approximate surface area is 94.9 Å². The van der Waals surface area contributed by atoms with Crippen LogP contribution in [0.25, 0.3) is 0 Å². The smallest absolute Gasteiger partial charge is 0.376 e. The lowest BCUT2D eigenvalue weighted by Crippen LogP contribution is -2.28. The van der Waals surface area contributed by atoms with Crippen LogP contribution in [0.2, 0.25) is 5.02 Å². The topological polar surface area (TPSA) is 43.4 Å². The van der Waals surface area contributed by atoms with Gasteiger partial charge >= 0.3 is 15.6 Å². The molecular weight excluding hydrogens is 269 g/mol. The molecule has 1 aromatic carbocycles. The second-order valence-electron chi connectivity index (χ2n) is 2.95. The number of hydrogen-bond donors (Lipinski definition) is 0. The molecule has 0 amide bonds. The molecule has 0 aliphatic carbocycles. The van der Waals surface area contributed by atoms with Crippen molar-refractivity contribution in [2.24, 2.45) is 0 Å².